The highest BCUT2D eigenvalue weighted by Gasteiger charge is 2.34. The largest absolute Gasteiger partial charge is 0.463 e. The highest BCUT2D eigenvalue weighted by molar-refractivity contribution is 7.09. The fourth-order valence-corrected chi connectivity index (χ4v) is 3.79. The Morgan fingerprint density at radius 3 is 2.78 bits per heavy atom. The van der Waals surface area contributed by atoms with Gasteiger partial charge in [-0.2, -0.15) is 0 Å². The molecule has 27 heavy (non-hydrogen) atoms. The molecule has 3 N–H and O–H groups in total. The molecule has 1 atom stereocenters. The van der Waals surface area contributed by atoms with Crippen molar-refractivity contribution in [1.82, 2.24) is 16.0 Å². The van der Waals surface area contributed by atoms with Crippen LogP contribution in [0.3, 0.4) is 0 Å². The summed E-state index contributed by atoms with van der Waals surface area (Å²) in [6.45, 7) is 2.94. The van der Waals surface area contributed by atoms with Crippen molar-refractivity contribution in [3.05, 3.63) is 68.5 Å². The molecular formula is C19H20ClN3O3S. The highest BCUT2D eigenvalue weighted by atomic mass is 35.5. The van der Waals surface area contributed by atoms with Crippen LogP contribution in [0.4, 0.5) is 4.79 Å². The van der Waals surface area contributed by atoms with E-state index in [9.17, 15) is 9.59 Å². The first-order valence-electron chi connectivity index (χ1n) is 8.55. The SMILES string of the molecule is CCOC(=O)C1=C(CNCc2cccs2)NC(=O)NC1c1ccccc1Cl. The van der Waals surface area contributed by atoms with E-state index in [1.807, 2.05) is 23.6 Å². The summed E-state index contributed by atoms with van der Waals surface area (Å²) >= 11 is 7.95. The molecular weight excluding hydrogens is 386 g/mol. The second-order valence-corrected chi connectivity index (χ2v) is 7.29. The molecule has 1 aromatic heterocycles. The van der Waals surface area contributed by atoms with Gasteiger partial charge in [0.25, 0.3) is 0 Å². The quantitative estimate of drug-likeness (QED) is 0.617. The molecule has 0 radical (unpaired) electrons. The third kappa shape index (κ3) is 4.68. The van der Waals surface area contributed by atoms with Gasteiger partial charge >= 0.3 is 12.0 Å². The zero-order chi connectivity index (χ0) is 19.2. The first kappa shape index (κ1) is 19.4. The van der Waals surface area contributed by atoms with Crippen LogP contribution in [0.25, 0.3) is 0 Å². The van der Waals surface area contributed by atoms with Crippen molar-refractivity contribution in [3.63, 3.8) is 0 Å². The summed E-state index contributed by atoms with van der Waals surface area (Å²) in [6, 6.07) is 10.1. The van der Waals surface area contributed by atoms with Crippen molar-refractivity contribution >= 4 is 34.9 Å². The molecule has 6 nitrogen and oxygen atoms in total. The first-order chi connectivity index (χ1) is 13.1. The molecule has 1 aliphatic rings. The van der Waals surface area contributed by atoms with E-state index in [1.54, 1.807) is 36.5 Å². The van der Waals surface area contributed by atoms with Gasteiger partial charge in [0.2, 0.25) is 0 Å². The summed E-state index contributed by atoms with van der Waals surface area (Å²) in [7, 11) is 0. The van der Waals surface area contributed by atoms with E-state index < -0.39 is 12.0 Å². The lowest BCUT2D eigenvalue weighted by Crippen LogP contribution is -2.48. The number of rotatable bonds is 7. The lowest BCUT2D eigenvalue weighted by Gasteiger charge is -2.30. The third-order valence-electron chi connectivity index (χ3n) is 4.05. The number of amides is 2. The van der Waals surface area contributed by atoms with Crippen molar-refractivity contribution in [3.8, 4) is 0 Å². The maximum absolute atomic E-state index is 12.7. The Hall–Kier alpha value is -2.35. The predicted molar refractivity (Wildman–Crippen MR) is 106 cm³/mol. The molecule has 142 valence electrons. The van der Waals surface area contributed by atoms with Gasteiger partial charge in [-0.05, 0) is 30.0 Å². The van der Waals surface area contributed by atoms with Crippen LogP contribution >= 0.6 is 22.9 Å². The molecule has 1 aliphatic heterocycles. The molecule has 3 rings (SSSR count). The number of carbonyl (C=O) groups excluding carboxylic acids is 2. The summed E-state index contributed by atoms with van der Waals surface area (Å²) in [5.41, 5.74) is 1.48. The Labute approximate surface area is 166 Å². The van der Waals surface area contributed by atoms with Crippen molar-refractivity contribution in [2.45, 2.75) is 19.5 Å². The summed E-state index contributed by atoms with van der Waals surface area (Å²) in [5, 5.41) is 11.2. The summed E-state index contributed by atoms with van der Waals surface area (Å²) < 4.78 is 5.23. The lowest BCUT2D eigenvalue weighted by atomic mass is 9.95. The molecule has 0 aliphatic carbocycles. The van der Waals surface area contributed by atoms with Crippen molar-refractivity contribution in [2.24, 2.45) is 0 Å². The fourth-order valence-electron chi connectivity index (χ4n) is 2.87. The average Bonchev–Trinajstić information content (AvgIpc) is 3.15. The minimum absolute atomic E-state index is 0.238. The van der Waals surface area contributed by atoms with Crippen LogP contribution in [0.2, 0.25) is 5.02 Å². The topological polar surface area (TPSA) is 79.5 Å². The number of nitrogens with one attached hydrogen (secondary N) is 3. The van der Waals surface area contributed by atoms with E-state index in [1.165, 1.54) is 0 Å². The van der Waals surface area contributed by atoms with E-state index in [0.717, 1.165) is 4.88 Å². The minimum atomic E-state index is -0.676. The average molecular weight is 406 g/mol. The number of hydrogen-bond donors (Lipinski definition) is 3. The molecule has 0 bridgehead atoms. The zero-order valence-corrected chi connectivity index (χ0v) is 16.3. The number of thiophene rings is 1. The predicted octanol–water partition coefficient (Wildman–Crippen LogP) is 3.36. The Morgan fingerprint density at radius 1 is 1.26 bits per heavy atom. The van der Waals surface area contributed by atoms with Crippen LogP contribution in [0, 0.1) is 0 Å². The van der Waals surface area contributed by atoms with Gasteiger partial charge in [-0.3, -0.25) is 0 Å². The maximum Gasteiger partial charge on any atom is 0.338 e. The first-order valence-corrected chi connectivity index (χ1v) is 9.81. The summed E-state index contributed by atoms with van der Waals surface area (Å²) in [4.78, 5) is 26.0. The van der Waals surface area contributed by atoms with Gasteiger partial charge in [0, 0.05) is 28.7 Å². The molecule has 2 heterocycles. The number of benzene rings is 1. The summed E-state index contributed by atoms with van der Waals surface area (Å²) in [5.74, 6) is -0.483. The van der Waals surface area contributed by atoms with Gasteiger partial charge in [-0.15, -0.1) is 11.3 Å². The number of halogens is 1. The second-order valence-electron chi connectivity index (χ2n) is 5.85. The number of ether oxygens (including phenoxy) is 1. The van der Waals surface area contributed by atoms with Crippen molar-refractivity contribution < 1.29 is 14.3 Å². The van der Waals surface area contributed by atoms with Crippen molar-refractivity contribution in [1.29, 1.82) is 0 Å². The monoisotopic (exact) mass is 405 g/mol. The zero-order valence-electron chi connectivity index (χ0n) is 14.8. The third-order valence-corrected chi connectivity index (χ3v) is 5.27. The molecule has 0 saturated carbocycles. The summed E-state index contributed by atoms with van der Waals surface area (Å²) in [6.07, 6.45) is 0. The van der Waals surface area contributed by atoms with Crippen molar-refractivity contribution in [2.75, 3.05) is 13.2 Å². The molecule has 1 aromatic carbocycles. The van der Waals surface area contributed by atoms with Crippen LogP contribution < -0.4 is 16.0 Å². The molecule has 0 fully saturated rings. The number of hydrogen-bond acceptors (Lipinski definition) is 5. The fraction of sp³-hybridized carbons (Fsp3) is 0.263. The number of carbonyl (C=O) groups is 2. The molecule has 0 saturated heterocycles. The van der Waals surface area contributed by atoms with Crippen LogP contribution in [-0.2, 0) is 16.1 Å². The molecule has 2 amide bonds. The van der Waals surface area contributed by atoms with Gasteiger partial charge in [0.1, 0.15) is 0 Å². The Balaban J connectivity index is 1.92. The van der Waals surface area contributed by atoms with E-state index >= 15 is 0 Å². The van der Waals surface area contributed by atoms with Crippen LogP contribution in [0.15, 0.2) is 53.0 Å². The lowest BCUT2D eigenvalue weighted by molar-refractivity contribution is -0.139. The molecule has 2 aromatic rings. The van der Waals surface area contributed by atoms with Gasteiger partial charge < -0.3 is 20.7 Å². The van der Waals surface area contributed by atoms with E-state index in [0.29, 0.717) is 34.9 Å². The van der Waals surface area contributed by atoms with Crippen LogP contribution in [0.5, 0.6) is 0 Å². The van der Waals surface area contributed by atoms with E-state index in [2.05, 4.69) is 16.0 Å². The highest BCUT2D eigenvalue weighted by Crippen LogP contribution is 2.32. The van der Waals surface area contributed by atoms with Gasteiger partial charge in [0.15, 0.2) is 0 Å². The van der Waals surface area contributed by atoms with Gasteiger partial charge in [-0.25, -0.2) is 9.59 Å². The van der Waals surface area contributed by atoms with Crippen LogP contribution in [0.1, 0.15) is 23.4 Å². The molecule has 1 unspecified atom stereocenters. The van der Waals surface area contributed by atoms with E-state index in [-0.39, 0.29) is 12.6 Å². The normalized spacial score (nSPS) is 16.7. The minimum Gasteiger partial charge on any atom is -0.463 e. The van der Waals surface area contributed by atoms with Crippen LogP contribution in [-0.4, -0.2) is 25.2 Å². The standard InChI is InChI=1S/C19H20ClN3O3S/c1-2-26-18(24)16-15(11-21-10-12-6-5-9-27-12)22-19(25)23-17(16)13-7-3-4-8-14(13)20/h3-9,17,21H,2,10-11H2,1H3,(H2,22,23,25). The number of urea groups is 1. The number of esters is 1. The maximum atomic E-state index is 12.7. The second kappa shape index (κ2) is 9.03. The Bertz CT molecular complexity index is 852. The molecule has 0 spiro atoms. The smallest absolute Gasteiger partial charge is 0.338 e. The van der Waals surface area contributed by atoms with Gasteiger partial charge in [0.05, 0.1) is 18.2 Å². The molecule has 8 heteroatoms. The van der Waals surface area contributed by atoms with Gasteiger partial charge in [-0.1, -0.05) is 35.9 Å². The van der Waals surface area contributed by atoms with E-state index in [4.69, 9.17) is 16.3 Å². The Morgan fingerprint density at radius 2 is 2.07 bits per heavy atom. The Kier molecular flexibility index (Phi) is 6.49.